The van der Waals surface area contributed by atoms with Crippen LogP contribution >= 0.6 is 0 Å². The molecule has 5 heterocycles. The summed E-state index contributed by atoms with van der Waals surface area (Å²) < 4.78 is 5.64. The highest BCUT2D eigenvalue weighted by atomic mass is 16.3. The summed E-state index contributed by atoms with van der Waals surface area (Å²) in [6, 6.07) is 4.41. The van der Waals surface area contributed by atoms with E-state index >= 15 is 0 Å². The van der Waals surface area contributed by atoms with Crippen molar-refractivity contribution in [2.45, 2.75) is 25.3 Å². The minimum Gasteiger partial charge on any atom is -0.463 e. The van der Waals surface area contributed by atoms with Crippen LogP contribution in [-0.2, 0) is 0 Å². The number of rotatable bonds is 3. The molecule has 7 heteroatoms. The molecule has 138 valence electrons. The van der Waals surface area contributed by atoms with Crippen LogP contribution in [0.5, 0.6) is 0 Å². The number of anilines is 1. The Hall–Kier alpha value is -2.80. The van der Waals surface area contributed by atoms with Gasteiger partial charge in [0.2, 0.25) is 5.95 Å². The summed E-state index contributed by atoms with van der Waals surface area (Å²) >= 11 is 0. The summed E-state index contributed by atoms with van der Waals surface area (Å²) in [5.74, 6) is 1.48. The van der Waals surface area contributed by atoms with Crippen molar-refractivity contribution in [2.75, 3.05) is 31.1 Å². The fourth-order valence-corrected chi connectivity index (χ4v) is 4.09. The van der Waals surface area contributed by atoms with E-state index in [1.807, 2.05) is 18.3 Å². The number of nitrogens with zero attached hydrogens (tertiary/aromatic N) is 6. The monoisotopic (exact) mass is 362 g/mol. The molecule has 1 atom stereocenters. The second-order valence-electron chi connectivity index (χ2n) is 7.13. The maximum absolute atomic E-state index is 5.64. The normalized spacial score (nSPS) is 20.4. The first kappa shape index (κ1) is 16.4. The van der Waals surface area contributed by atoms with Gasteiger partial charge < -0.3 is 9.32 Å². The van der Waals surface area contributed by atoms with Crippen molar-refractivity contribution in [3.8, 4) is 22.7 Å². The summed E-state index contributed by atoms with van der Waals surface area (Å²) in [4.78, 5) is 23.1. The lowest BCUT2D eigenvalue weighted by molar-refractivity contribution is 0.133. The molecule has 2 aliphatic rings. The van der Waals surface area contributed by atoms with Gasteiger partial charge in [-0.1, -0.05) is 6.42 Å². The zero-order valence-corrected chi connectivity index (χ0v) is 15.2. The Labute approximate surface area is 158 Å². The van der Waals surface area contributed by atoms with Crippen molar-refractivity contribution < 1.29 is 4.42 Å². The van der Waals surface area contributed by atoms with Crippen molar-refractivity contribution in [3.63, 3.8) is 0 Å². The quantitative estimate of drug-likeness (QED) is 0.709. The molecular formula is C20H22N6O. The van der Waals surface area contributed by atoms with E-state index in [1.54, 1.807) is 24.9 Å². The van der Waals surface area contributed by atoms with E-state index in [-0.39, 0.29) is 0 Å². The largest absolute Gasteiger partial charge is 0.463 e. The van der Waals surface area contributed by atoms with Gasteiger partial charge in [-0.2, -0.15) is 0 Å². The highest BCUT2D eigenvalue weighted by Crippen LogP contribution is 2.31. The molecule has 2 saturated heterocycles. The third kappa shape index (κ3) is 3.19. The fraction of sp³-hybridized carbons (Fsp3) is 0.400. The lowest BCUT2D eigenvalue weighted by atomic mass is 10.00. The van der Waals surface area contributed by atoms with Crippen LogP contribution in [0.2, 0.25) is 0 Å². The van der Waals surface area contributed by atoms with E-state index in [4.69, 9.17) is 9.40 Å². The van der Waals surface area contributed by atoms with Gasteiger partial charge in [0.1, 0.15) is 5.69 Å². The van der Waals surface area contributed by atoms with E-state index in [1.165, 1.54) is 25.8 Å². The van der Waals surface area contributed by atoms with Crippen LogP contribution in [-0.4, -0.2) is 57.1 Å². The maximum Gasteiger partial charge on any atom is 0.226 e. The molecule has 7 nitrogen and oxygen atoms in total. The molecule has 5 rings (SSSR count). The molecule has 0 saturated carbocycles. The van der Waals surface area contributed by atoms with Gasteiger partial charge in [0.05, 0.1) is 18.2 Å². The topological polar surface area (TPSA) is 71.2 Å². The molecule has 3 aromatic heterocycles. The molecule has 1 unspecified atom stereocenters. The van der Waals surface area contributed by atoms with Gasteiger partial charge in [0.25, 0.3) is 0 Å². The van der Waals surface area contributed by atoms with Crippen molar-refractivity contribution in [2.24, 2.45) is 0 Å². The van der Waals surface area contributed by atoms with Crippen LogP contribution in [0.15, 0.2) is 47.6 Å². The van der Waals surface area contributed by atoms with Gasteiger partial charge in [-0.05, 0) is 31.5 Å². The van der Waals surface area contributed by atoms with Gasteiger partial charge in [-0.25, -0.2) is 9.97 Å². The summed E-state index contributed by atoms with van der Waals surface area (Å²) in [7, 11) is 0. The number of piperazine rings is 1. The molecule has 2 aliphatic heterocycles. The van der Waals surface area contributed by atoms with E-state index < -0.39 is 0 Å². The van der Waals surface area contributed by atoms with Gasteiger partial charge in [0, 0.05) is 49.8 Å². The summed E-state index contributed by atoms with van der Waals surface area (Å²) in [6.45, 7) is 4.25. The van der Waals surface area contributed by atoms with Gasteiger partial charge >= 0.3 is 0 Å². The Kier molecular flexibility index (Phi) is 4.29. The zero-order valence-electron chi connectivity index (χ0n) is 15.2. The van der Waals surface area contributed by atoms with Crippen molar-refractivity contribution in [1.82, 2.24) is 24.8 Å². The first-order valence-corrected chi connectivity index (χ1v) is 9.55. The Morgan fingerprint density at radius 3 is 2.89 bits per heavy atom. The van der Waals surface area contributed by atoms with Gasteiger partial charge in [-0.15, -0.1) is 0 Å². The average molecular weight is 362 g/mol. The van der Waals surface area contributed by atoms with E-state index in [2.05, 4.69) is 24.8 Å². The third-order valence-corrected chi connectivity index (χ3v) is 5.49. The van der Waals surface area contributed by atoms with Crippen LogP contribution in [0.3, 0.4) is 0 Å². The number of hydrogen-bond donors (Lipinski definition) is 0. The first-order chi connectivity index (χ1) is 13.4. The average Bonchev–Trinajstić information content (AvgIpc) is 3.28. The highest BCUT2D eigenvalue weighted by Gasteiger charge is 2.30. The molecule has 2 fully saturated rings. The molecule has 0 aliphatic carbocycles. The predicted molar refractivity (Wildman–Crippen MR) is 102 cm³/mol. The highest BCUT2D eigenvalue weighted by molar-refractivity contribution is 5.76. The number of fused-ring (bicyclic) bond motifs is 1. The van der Waals surface area contributed by atoms with Crippen LogP contribution in [0.4, 0.5) is 5.95 Å². The number of hydrogen-bond acceptors (Lipinski definition) is 7. The first-order valence-electron chi connectivity index (χ1n) is 9.55. The fourth-order valence-electron chi connectivity index (χ4n) is 4.09. The summed E-state index contributed by atoms with van der Waals surface area (Å²) in [6.07, 6.45) is 12.5. The number of piperidine rings is 1. The maximum atomic E-state index is 5.64. The van der Waals surface area contributed by atoms with Crippen molar-refractivity contribution >= 4 is 5.95 Å². The molecule has 0 radical (unpaired) electrons. The van der Waals surface area contributed by atoms with Crippen molar-refractivity contribution in [1.29, 1.82) is 0 Å². The third-order valence-electron chi connectivity index (χ3n) is 5.49. The molecule has 0 amide bonds. The number of furan rings is 1. The van der Waals surface area contributed by atoms with Crippen LogP contribution < -0.4 is 4.90 Å². The minimum atomic E-state index is 0.614. The molecular weight excluding hydrogens is 340 g/mol. The van der Waals surface area contributed by atoms with Crippen LogP contribution in [0.1, 0.15) is 19.3 Å². The van der Waals surface area contributed by atoms with E-state index in [9.17, 15) is 0 Å². The predicted octanol–water partition coefficient (Wildman–Crippen LogP) is 2.87. The molecule has 3 aromatic rings. The second-order valence-corrected chi connectivity index (χ2v) is 7.13. The zero-order chi connectivity index (χ0) is 18.1. The lowest BCUT2D eigenvalue weighted by Gasteiger charge is -2.44. The van der Waals surface area contributed by atoms with Crippen molar-refractivity contribution in [3.05, 3.63) is 43.2 Å². The molecule has 0 N–H and O–H groups in total. The number of aromatic nitrogens is 4. The van der Waals surface area contributed by atoms with Gasteiger partial charge in [0.15, 0.2) is 5.76 Å². The van der Waals surface area contributed by atoms with Gasteiger partial charge in [-0.3, -0.25) is 14.9 Å². The SMILES string of the molecule is c1coc(-c2nc(N3CCN4CCCCC4C3)ncc2-c2cnccn2)c1. The van der Waals surface area contributed by atoms with E-state index in [0.717, 1.165) is 48.3 Å². The minimum absolute atomic E-state index is 0.614. The smallest absolute Gasteiger partial charge is 0.226 e. The second kappa shape index (κ2) is 7.08. The molecule has 27 heavy (non-hydrogen) atoms. The van der Waals surface area contributed by atoms with Crippen LogP contribution in [0.25, 0.3) is 22.7 Å². The summed E-state index contributed by atoms with van der Waals surface area (Å²) in [5.41, 5.74) is 2.34. The standard InChI is InChI=1S/C20H22N6O/c1-2-8-25-9-10-26(14-15(25)4-1)20-23-12-16(17-13-21-6-7-22-17)19(24-20)18-5-3-11-27-18/h3,5-7,11-13,15H,1-2,4,8-10,14H2. The summed E-state index contributed by atoms with van der Waals surface area (Å²) in [5, 5.41) is 0. The Morgan fingerprint density at radius 2 is 2.04 bits per heavy atom. The molecule has 0 bridgehead atoms. The van der Waals surface area contributed by atoms with Crippen LogP contribution in [0, 0.1) is 0 Å². The Morgan fingerprint density at radius 1 is 1.04 bits per heavy atom. The van der Waals surface area contributed by atoms with E-state index in [0.29, 0.717) is 6.04 Å². The Balaban J connectivity index is 1.50. The Bertz CT molecular complexity index is 898. The molecule has 0 aromatic carbocycles. The molecule has 0 spiro atoms. The lowest BCUT2D eigenvalue weighted by Crippen LogP contribution is -2.55.